The Morgan fingerprint density at radius 3 is 2.62 bits per heavy atom. The molecule has 2 aromatic rings. The van der Waals surface area contributed by atoms with Gasteiger partial charge in [0.15, 0.2) is 0 Å². The molecule has 1 aliphatic heterocycles. The molecule has 7 nitrogen and oxygen atoms in total. The third-order valence-electron chi connectivity index (χ3n) is 5.68. The molecule has 0 spiro atoms. The van der Waals surface area contributed by atoms with Crippen molar-refractivity contribution in [2.75, 3.05) is 6.54 Å². The van der Waals surface area contributed by atoms with E-state index in [-0.39, 0.29) is 11.9 Å². The second kappa shape index (κ2) is 10.0. The minimum Gasteiger partial charge on any atom is -0.475 e. The third-order valence-corrected chi connectivity index (χ3v) is 6.72. The summed E-state index contributed by atoms with van der Waals surface area (Å²) < 4.78 is 33.8. The molecule has 2 unspecified atom stereocenters. The molecule has 1 fully saturated rings. The number of alkyl halides is 3. The molecule has 2 aliphatic rings. The Bertz CT molecular complexity index is 964. The van der Waals surface area contributed by atoms with Gasteiger partial charge in [0.25, 0.3) is 5.91 Å². The van der Waals surface area contributed by atoms with Gasteiger partial charge in [0.05, 0.1) is 10.7 Å². The summed E-state index contributed by atoms with van der Waals surface area (Å²) in [6.07, 6.45) is 1.42. The molecule has 0 radical (unpaired) electrons. The summed E-state index contributed by atoms with van der Waals surface area (Å²) in [4.78, 5) is 27.6. The highest BCUT2D eigenvalue weighted by atomic mass is 32.1. The van der Waals surface area contributed by atoms with Crippen LogP contribution in [0.1, 0.15) is 63.5 Å². The van der Waals surface area contributed by atoms with Gasteiger partial charge in [0.2, 0.25) is 0 Å². The van der Waals surface area contributed by atoms with Crippen molar-refractivity contribution < 1.29 is 27.9 Å². The standard InChI is InChI=1S/C19H26N4OS.C2HF3O2/c1-12-21-15-7-6-13(11-18(15)25-12)22-19(24)17-9-8-16(23(17)2)14-5-3-4-10-20-14;3-2(4,5)1(6)7/h8-9,13-14,20H,3-7,10-11H2,1-2H3,(H,22,24);(H,6,7). The van der Waals surface area contributed by atoms with Gasteiger partial charge in [0, 0.05) is 36.1 Å². The molecule has 1 amide bonds. The second-order valence-corrected chi connectivity index (χ2v) is 9.31. The Morgan fingerprint density at radius 1 is 1.28 bits per heavy atom. The predicted molar refractivity (Wildman–Crippen MR) is 114 cm³/mol. The Kier molecular flexibility index (Phi) is 7.60. The van der Waals surface area contributed by atoms with E-state index < -0.39 is 12.1 Å². The van der Waals surface area contributed by atoms with Crippen LogP contribution in [-0.2, 0) is 24.7 Å². The number of nitrogens with zero attached hydrogens (tertiary/aromatic N) is 2. The van der Waals surface area contributed by atoms with Gasteiger partial charge < -0.3 is 20.3 Å². The summed E-state index contributed by atoms with van der Waals surface area (Å²) in [7, 11) is 2.01. The Balaban J connectivity index is 0.000000360. The van der Waals surface area contributed by atoms with Crippen molar-refractivity contribution in [3.05, 3.63) is 39.1 Å². The molecule has 176 valence electrons. The SMILES string of the molecule is Cc1nc2c(s1)CC(NC(=O)c1ccc(C3CCCCN3)n1C)CC2.O=C(O)C(F)(F)F. The van der Waals surface area contributed by atoms with Gasteiger partial charge in [-0.1, -0.05) is 6.42 Å². The monoisotopic (exact) mass is 472 g/mol. The molecule has 3 N–H and O–H groups in total. The van der Waals surface area contributed by atoms with Crippen LogP contribution in [0.15, 0.2) is 12.1 Å². The lowest BCUT2D eigenvalue weighted by Gasteiger charge is -2.25. The highest BCUT2D eigenvalue weighted by Crippen LogP contribution is 2.27. The van der Waals surface area contributed by atoms with Crippen molar-refractivity contribution >= 4 is 23.2 Å². The van der Waals surface area contributed by atoms with Crippen LogP contribution in [0.2, 0.25) is 0 Å². The van der Waals surface area contributed by atoms with Crippen LogP contribution in [0.5, 0.6) is 0 Å². The summed E-state index contributed by atoms with van der Waals surface area (Å²) >= 11 is 1.77. The first kappa shape index (κ1) is 24.2. The van der Waals surface area contributed by atoms with Crippen LogP contribution in [0.3, 0.4) is 0 Å². The maximum atomic E-state index is 12.8. The van der Waals surface area contributed by atoms with Crippen LogP contribution >= 0.6 is 11.3 Å². The van der Waals surface area contributed by atoms with Crippen molar-refractivity contribution in [2.45, 2.75) is 63.7 Å². The molecular weight excluding hydrogens is 445 g/mol. The van der Waals surface area contributed by atoms with E-state index in [0.29, 0.717) is 6.04 Å². The molecule has 1 saturated heterocycles. The summed E-state index contributed by atoms with van der Waals surface area (Å²) in [6.45, 7) is 3.12. The number of carbonyl (C=O) groups excluding carboxylic acids is 1. The lowest BCUT2D eigenvalue weighted by Crippen LogP contribution is -2.39. The summed E-state index contributed by atoms with van der Waals surface area (Å²) in [6, 6.07) is 4.65. The van der Waals surface area contributed by atoms with Crippen molar-refractivity contribution in [3.63, 3.8) is 0 Å². The van der Waals surface area contributed by atoms with E-state index in [0.717, 1.165) is 42.9 Å². The Hall–Kier alpha value is -2.40. The minimum absolute atomic E-state index is 0.0410. The molecule has 2 atom stereocenters. The number of hydrogen-bond acceptors (Lipinski definition) is 5. The number of rotatable bonds is 3. The first-order valence-electron chi connectivity index (χ1n) is 10.5. The molecular formula is C21H27F3N4O3S. The number of aromatic nitrogens is 2. The molecule has 0 saturated carbocycles. The maximum absolute atomic E-state index is 12.8. The fourth-order valence-corrected chi connectivity index (χ4v) is 5.16. The smallest absolute Gasteiger partial charge is 0.475 e. The van der Waals surface area contributed by atoms with Crippen molar-refractivity contribution in [1.82, 2.24) is 20.2 Å². The van der Waals surface area contributed by atoms with Gasteiger partial charge in [-0.3, -0.25) is 4.79 Å². The van der Waals surface area contributed by atoms with Crippen molar-refractivity contribution in [3.8, 4) is 0 Å². The van der Waals surface area contributed by atoms with Gasteiger partial charge in [-0.25, -0.2) is 9.78 Å². The van der Waals surface area contributed by atoms with Crippen LogP contribution in [0.4, 0.5) is 13.2 Å². The van der Waals surface area contributed by atoms with E-state index in [1.165, 1.54) is 29.1 Å². The van der Waals surface area contributed by atoms with Crippen molar-refractivity contribution in [2.24, 2.45) is 7.05 Å². The van der Waals surface area contributed by atoms with Crippen LogP contribution in [0, 0.1) is 6.92 Å². The van der Waals surface area contributed by atoms with E-state index >= 15 is 0 Å². The van der Waals surface area contributed by atoms with Crippen molar-refractivity contribution in [1.29, 1.82) is 0 Å². The number of aryl methyl sites for hydroxylation is 2. The lowest BCUT2D eigenvalue weighted by atomic mass is 9.97. The Labute approximate surface area is 188 Å². The number of halogens is 3. The zero-order valence-electron chi connectivity index (χ0n) is 18.0. The van der Waals surface area contributed by atoms with Gasteiger partial charge in [-0.05, 0) is 51.3 Å². The van der Waals surface area contributed by atoms with E-state index in [2.05, 4.69) is 33.2 Å². The lowest BCUT2D eigenvalue weighted by molar-refractivity contribution is -0.192. The largest absolute Gasteiger partial charge is 0.490 e. The first-order valence-corrected chi connectivity index (χ1v) is 11.3. The minimum atomic E-state index is -5.08. The molecule has 11 heteroatoms. The normalized spacial score (nSPS) is 20.7. The van der Waals surface area contributed by atoms with Gasteiger partial charge >= 0.3 is 12.1 Å². The van der Waals surface area contributed by atoms with E-state index in [9.17, 15) is 18.0 Å². The highest BCUT2D eigenvalue weighted by molar-refractivity contribution is 7.11. The number of carboxylic acid groups (broad SMARTS) is 1. The molecule has 0 aromatic carbocycles. The fraction of sp³-hybridized carbons (Fsp3) is 0.571. The highest BCUT2D eigenvalue weighted by Gasteiger charge is 2.38. The number of amides is 1. The summed E-state index contributed by atoms with van der Waals surface area (Å²) in [5, 5.41) is 15.1. The van der Waals surface area contributed by atoms with Gasteiger partial charge in [-0.15, -0.1) is 11.3 Å². The first-order chi connectivity index (χ1) is 15.1. The third kappa shape index (κ3) is 5.89. The average molecular weight is 473 g/mol. The number of nitrogens with one attached hydrogen (secondary N) is 2. The number of fused-ring (bicyclic) bond motifs is 1. The number of carboxylic acids is 1. The molecule has 4 rings (SSSR count). The van der Waals surface area contributed by atoms with Crippen LogP contribution in [-0.4, -0.2) is 45.3 Å². The van der Waals surface area contributed by atoms with Gasteiger partial charge in [-0.2, -0.15) is 13.2 Å². The second-order valence-electron chi connectivity index (χ2n) is 8.02. The van der Waals surface area contributed by atoms with Crippen LogP contribution in [0.25, 0.3) is 0 Å². The van der Waals surface area contributed by atoms with Gasteiger partial charge in [0.1, 0.15) is 5.69 Å². The number of carbonyl (C=O) groups is 2. The van der Waals surface area contributed by atoms with E-state index in [1.54, 1.807) is 11.3 Å². The number of hydrogen-bond donors (Lipinski definition) is 3. The predicted octanol–water partition coefficient (Wildman–Crippen LogP) is 3.53. The molecule has 3 heterocycles. The number of thiazole rings is 1. The molecule has 32 heavy (non-hydrogen) atoms. The number of piperidine rings is 1. The zero-order valence-corrected chi connectivity index (χ0v) is 18.8. The molecule has 1 aliphatic carbocycles. The molecule has 0 bridgehead atoms. The Morgan fingerprint density at radius 2 is 2.00 bits per heavy atom. The topological polar surface area (TPSA) is 96.3 Å². The average Bonchev–Trinajstić information content (AvgIpc) is 3.29. The summed E-state index contributed by atoms with van der Waals surface area (Å²) in [5.41, 5.74) is 3.21. The van der Waals surface area contributed by atoms with Crippen LogP contribution < -0.4 is 10.6 Å². The van der Waals surface area contributed by atoms with E-state index in [1.807, 2.05) is 13.1 Å². The summed E-state index contributed by atoms with van der Waals surface area (Å²) in [5.74, 6) is -2.72. The zero-order chi connectivity index (χ0) is 23.5. The fourth-order valence-electron chi connectivity index (χ4n) is 4.10. The maximum Gasteiger partial charge on any atom is 0.490 e. The number of aliphatic carboxylic acids is 1. The van der Waals surface area contributed by atoms with E-state index in [4.69, 9.17) is 9.90 Å². The molecule has 2 aromatic heterocycles. The quantitative estimate of drug-likeness (QED) is 0.635.